The molecule has 0 bridgehead atoms. The van der Waals surface area contributed by atoms with E-state index in [9.17, 15) is 19.7 Å². The minimum atomic E-state index is -0.558. The largest absolute Gasteiger partial charge is 0.465 e. The quantitative estimate of drug-likeness (QED) is 0.393. The van der Waals surface area contributed by atoms with Gasteiger partial charge in [-0.25, -0.2) is 4.79 Å². The number of anilines is 2. The van der Waals surface area contributed by atoms with Crippen molar-refractivity contribution < 1.29 is 19.2 Å². The highest BCUT2D eigenvalue weighted by atomic mass is 16.6. The molecule has 0 atom stereocenters. The first kappa shape index (κ1) is 16.2. The van der Waals surface area contributed by atoms with Gasteiger partial charge in [-0.15, -0.1) is 0 Å². The number of nitro groups is 1. The summed E-state index contributed by atoms with van der Waals surface area (Å²) < 4.78 is 4.60. The Morgan fingerprint density at radius 2 is 1.70 bits per heavy atom. The zero-order chi connectivity index (χ0) is 17.0. The first-order valence-corrected chi connectivity index (χ1v) is 6.67. The fourth-order valence-corrected chi connectivity index (χ4v) is 1.97. The van der Waals surface area contributed by atoms with E-state index in [2.05, 4.69) is 10.1 Å². The Kier molecular flexibility index (Phi) is 4.70. The smallest absolute Gasteiger partial charge is 0.337 e. The van der Waals surface area contributed by atoms with E-state index in [1.54, 1.807) is 24.3 Å². The number of hydrogen-bond acceptors (Lipinski definition) is 6. The zero-order valence-corrected chi connectivity index (χ0v) is 12.5. The maximum absolute atomic E-state index is 11.4. The van der Waals surface area contributed by atoms with E-state index < -0.39 is 10.9 Å². The Hall–Kier alpha value is -3.22. The van der Waals surface area contributed by atoms with Crippen molar-refractivity contribution >= 4 is 28.8 Å². The summed E-state index contributed by atoms with van der Waals surface area (Å²) in [6, 6.07) is 10.5. The van der Waals surface area contributed by atoms with E-state index >= 15 is 0 Å². The fourth-order valence-electron chi connectivity index (χ4n) is 1.97. The third-order valence-electron chi connectivity index (χ3n) is 3.19. The monoisotopic (exact) mass is 314 g/mol. The summed E-state index contributed by atoms with van der Waals surface area (Å²) in [5.74, 6) is -0.713. The normalized spacial score (nSPS) is 10.0. The van der Waals surface area contributed by atoms with Crippen LogP contribution in [0.1, 0.15) is 27.6 Å². The summed E-state index contributed by atoms with van der Waals surface area (Å²) >= 11 is 0. The first-order chi connectivity index (χ1) is 10.9. The van der Waals surface area contributed by atoms with Crippen LogP contribution in [0.5, 0.6) is 0 Å². The zero-order valence-electron chi connectivity index (χ0n) is 12.5. The maximum Gasteiger partial charge on any atom is 0.337 e. The van der Waals surface area contributed by atoms with Gasteiger partial charge >= 0.3 is 5.97 Å². The predicted molar refractivity (Wildman–Crippen MR) is 84.2 cm³/mol. The Morgan fingerprint density at radius 1 is 1.09 bits per heavy atom. The molecule has 0 aliphatic carbocycles. The highest BCUT2D eigenvalue weighted by molar-refractivity contribution is 5.95. The number of ketones is 1. The van der Waals surface area contributed by atoms with Gasteiger partial charge in [-0.2, -0.15) is 0 Å². The summed E-state index contributed by atoms with van der Waals surface area (Å²) in [5, 5.41) is 14.1. The van der Waals surface area contributed by atoms with Gasteiger partial charge < -0.3 is 10.1 Å². The van der Waals surface area contributed by atoms with E-state index in [0.717, 1.165) is 0 Å². The average molecular weight is 314 g/mol. The second kappa shape index (κ2) is 6.69. The predicted octanol–water partition coefficient (Wildman–Crippen LogP) is 3.33. The molecule has 0 unspecified atom stereocenters. The molecule has 0 spiro atoms. The van der Waals surface area contributed by atoms with Gasteiger partial charge in [0.15, 0.2) is 5.78 Å². The number of carbonyl (C=O) groups is 2. The lowest BCUT2D eigenvalue weighted by Gasteiger charge is -2.08. The summed E-state index contributed by atoms with van der Waals surface area (Å²) in [6.07, 6.45) is 0. The van der Waals surface area contributed by atoms with Gasteiger partial charge in [0.25, 0.3) is 5.69 Å². The fraction of sp³-hybridized carbons (Fsp3) is 0.125. The van der Waals surface area contributed by atoms with Crippen molar-refractivity contribution in [3.8, 4) is 0 Å². The number of nitrogens with zero attached hydrogens (tertiary/aromatic N) is 1. The van der Waals surface area contributed by atoms with Gasteiger partial charge in [-0.05, 0) is 43.3 Å². The minimum absolute atomic E-state index is 0.199. The third-order valence-corrected chi connectivity index (χ3v) is 3.19. The highest BCUT2D eigenvalue weighted by Crippen LogP contribution is 2.29. The van der Waals surface area contributed by atoms with Crippen LogP contribution in [-0.2, 0) is 4.74 Å². The van der Waals surface area contributed by atoms with Crippen molar-refractivity contribution in [1.29, 1.82) is 0 Å². The molecule has 0 saturated carbocycles. The van der Waals surface area contributed by atoms with Crippen LogP contribution in [0.15, 0.2) is 42.5 Å². The Labute approximate surface area is 132 Å². The average Bonchev–Trinajstić information content (AvgIpc) is 2.54. The van der Waals surface area contributed by atoms with Crippen LogP contribution >= 0.6 is 0 Å². The number of nitrogens with one attached hydrogen (secondary N) is 1. The van der Waals surface area contributed by atoms with Crippen LogP contribution < -0.4 is 5.32 Å². The number of carbonyl (C=O) groups excluding carboxylic acids is 2. The molecule has 0 aromatic heterocycles. The van der Waals surface area contributed by atoms with Gasteiger partial charge in [0.05, 0.1) is 17.6 Å². The molecule has 0 radical (unpaired) electrons. The summed E-state index contributed by atoms with van der Waals surface area (Å²) in [4.78, 5) is 33.3. The minimum Gasteiger partial charge on any atom is -0.465 e. The summed E-state index contributed by atoms with van der Waals surface area (Å²) in [7, 11) is 1.29. The number of nitro benzene ring substituents is 1. The summed E-state index contributed by atoms with van der Waals surface area (Å²) in [6.45, 7) is 1.34. The molecule has 7 heteroatoms. The van der Waals surface area contributed by atoms with Crippen molar-refractivity contribution in [3.05, 3.63) is 63.7 Å². The lowest BCUT2D eigenvalue weighted by atomic mass is 10.1. The second-order valence-corrected chi connectivity index (χ2v) is 4.74. The number of ether oxygens (including phenoxy) is 1. The van der Waals surface area contributed by atoms with Crippen LogP contribution in [0, 0.1) is 10.1 Å². The highest BCUT2D eigenvalue weighted by Gasteiger charge is 2.16. The van der Waals surface area contributed by atoms with E-state index in [1.165, 1.54) is 32.2 Å². The van der Waals surface area contributed by atoms with Gasteiger partial charge in [0, 0.05) is 17.3 Å². The van der Waals surface area contributed by atoms with Crippen molar-refractivity contribution in [1.82, 2.24) is 0 Å². The Bertz CT molecular complexity index is 769. The van der Waals surface area contributed by atoms with Crippen LogP contribution in [0.25, 0.3) is 0 Å². The summed E-state index contributed by atoms with van der Waals surface area (Å²) in [5.41, 5.74) is 1.26. The second-order valence-electron chi connectivity index (χ2n) is 4.74. The number of esters is 1. The maximum atomic E-state index is 11.4. The molecule has 0 fully saturated rings. The molecule has 2 rings (SSSR count). The SMILES string of the molecule is COC(=O)c1ccc(Nc2ccc(C(C)=O)cc2[N+](=O)[O-])cc1. The number of rotatable bonds is 5. The number of benzene rings is 2. The number of hydrogen-bond donors (Lipinski definition) is 1. The molecule has 23 heavy (non-hydrogen) atoms. The van der Waals surface area contributed by atoms with Crippen LogP contribution in [-0.4, -0.2) is 23.8 Å². The van der Waals surface area contributed by atoms with E-state index in [1.807, 2.05) is 0 Å². The third kappa shape index (κ3) is 3.70. The molecule has 0 aliphatic heterocycles. The van der Waals surface area contributed by atoms with Gasteiger partial charge in [-0.1, -0.05) is 0 Å². The standard InChI is InChI=1S/C16H14N2O5/c1-10(19)12-5-8-14(15(9-12)18(21)22)17-13-6-3-11(4-7-13)16(20)23-2/h3-9,17H,1-2H3. The molecule has 0 aliphatic rings. The first-order valence-electron chi connectivity index (χ1n) is 6.67. The lowest BCUT2D eigenvalue weighted by Crippen LogP contribution is -2.02. The van der Waals surface area contributed by atoms with E-state index in [4.69, 9.17) is 0 Å². The lowest BCUT2D eigenvalue weighted by molar-refractivity contribution is -0.383. The molecular formula is C16H14N2O5. The number of Topliss-reactive ketones (excluding diaryl/α,β-unsaturated/α-hetero) is 1. The van der Waals surface area contributed by atoms with Gasteiger partial charge in [0.2, 0.25) is 0 Å². The molecule has 2 aromatic rings. The molecule has 0 heterocycles. The molecule has 0 amide bonds. The molecule has 118 valence electrons. The molecular weight excluding hydrogens is 300 g/mol. The molecule has 7 nitrogen and oxygen atoms in total. The Morgan fingerprint density at radius 3 is 2.22 bits per heavy atom. The van der Waals surface area contributed by atoms with E-state index in [0.29, 0.717) is 11.3 Å². The van der Waals surface area contributed by atoms with E-state index in [-0.39, 0.29) is 22.7 Å². The van der Waals surface area contributed by atoms with Gasteiger partial charge in [0.1, 0.15) is 5.69 Å². The van der Waals surface area contributed by atoms with Crippen LogP contribution in [0.2, 0.25) is 0 Å². The van der Waals surface area contributed by atoms with Crippen molar-refractivity contribution in [2.75, 3.05) is 12.4 Å². The van der Waals surface area contributed by atoms with Crippen molar-refractivity contribution in [2.45, 2.75) is 6.92 Å². The Balaban J connectivity index is 2.30. The van der Waals surface area contributed by atoms with Gasteiger partial charge in [-0.3, -0.25) is 14.9 Å². The van der Waals surface area contributed by atoms with Crippen LogP contribution in [0.3, 0.4) is 0 Å². The van der Waals surface area contributed by atoms with Crippen molar-refractivity contribution in [2.24, 2.45) is 0 Å². The number of methoxy groups -OCH3 is 1. The molecule has 0 saturated heterocycles. The van der Waals surface area contributed by atoms with Crippen molar-refractivity contribution in [3.63, 3.8) is 0 Å². The molecule has 1 N–H and O–H groups in total. The topological polar surface area (TPSA) is 98.5 Å². The van der Waals surface area contributed by atoms with Crippen LogP contribution in [0.4, 0.5) is 17.1 Å². The molecule has 2 aromatic carbocycles.